The normalized spacial score (nSPS) is 15.2. The van der Waals surface area contributed by atoms with Gasteiger partial charge in [0.15, 0.2) is 5.11 Å². The summed E-state index contributed by atoms with van der Waals surface area (Å²) in [5.74, 6) is 0.566. The standard InChI is InChI=1S/C14H19N3OS/c18-13(8-11-4-1-2-5-11)17-14(19)16-10-12-6-3-7-15-9-12/h3,6-7,9,11H,1-2,4-5,8,10H2,(H2,16,17,18,19). The minimum absolute atomic E-state index is 0.0237. The molecule has 1 heterocycles. The Balaban J connectivity index is 1.67. The summed E-state index contributed by atoms with van der Waals surface area (Å²) >= 11 is 5.11. The summed E-state index contributed by atoms with van der Waals surface area (Å²) in [5.41, 5.74) is 1.04. The fraction of sp³-hybridized carbons (Fsp3) is 0.500. The van der Waals surface area contributed by atoms with Crippen molar-refractivity contribution in [2.45, 2.75) is 38.6 Å². The zero-order valence-electron chi connectivity index (χ0n) is 10.9. The largest absolute Gasteiger partial charge is 0.358 e. The maximum atomic E-state index is 11.8. The number of nitrogens with one attached hydrogen (secondary N) is 2. The first-order valence-corrected chi connectivity index (χ1v) is 7.11. The van der Waals surface area contributed by atoms with Crippen molar-refractivity contribution in [3.05, 3.63) is 30.1 Å². The minimum Gasteiger partial charge on any atom is -0.358 e. The third-order valence-corrected chi connectivity index (χ3v) is 3.62. The molecular weight excluding hydrogens is 258 g/mol. The molecular formula is C14H19N3OS. The van der Waals surface area contributed by atoms with Gasteiger partial charge < -0.3 is 10.6 Å². The molecule has 1 aromatic heterocycles. The third-order valence-electron chi connectivity index (χ3n) is 3.38. The molecule has 102 valence electrons. The Hall–Kier alpha value is -1.49. The molecule has 4 nitrogen and oxygen atoms in total. The van der Waals surface area contributed by atoms with Crippen LogP contribution in [0.2, 0.25) is 0 Å². The highest BCUT2D eigenvalue weighted by Crippen LogP contribution is 2.27. The van der Waals surface area contributed by atoms with Crippen molar-refractivity contribution in [3.63, 3.8) is 0 Å². The number of hydrogen-bond acceptors (Lipinski definition) is 3. The molecule has 0 atom stereocenters. The monoisotopic (exact) mass is 277 g/mol. The molecule has 5 heteroatoms. The highest BCUT2D eigenvalue weighted by atomic mass is 32.1. The number of thiocarbonyl (C=S) groups is 1. The van der Waals surface area contributed by atoms with Gasteiger partial charge in [-0.15, -0.1) is 0 Å². The van der Waals surface area contributed by atoms with Crippen LogP contribution in [0.3, 0.4) is 0 Å². The number of pyridine rings is 1. The highest BCUT2D eigenvalue weighted by molar-refractivity contribution is 7.80. The van der Waals surface area contributed by atoms with E-state index in [4.69, 9.17) is 12.2 Å². The first-order valence-electron chi connectivity index (χ1n) is 6.70. The van der Waals surface area contributed by atoms with Crippen molar-refractivity contribution in [2.75, 3.05) is 0 Å². The Morgan fingerprint density at radius 3 is 2.89 bits per heavy atom. The van der Waals surface area contributed by atoms with Gasteiger partial charge in [-0.2, -0.15) is 0 Å². The zero-order valence-corrected chi connectivity index (χ0v) is 11.7. The third kappa shape index (κ3) is 4.95. The Kier molecular flexibility index (Phi) is 5.27. The van der Waals surface area contributed by atoms with E-state index in [1.807, 2.05) is 12.1 Å². The van der Waals surface area contributed by atoms with Gasteiger partial charge in [-0.25, -0.2) is 0 Å². The molecule has 0 unspecified atom stereocenters. The number of nitrogens with zero attached hydrogens (tertiary/aromatic N) is 1. The van der Waals surface area contributed by atoms with E-state index in [1.54, 1.807) is 12.4 Å². The molecule has 1 aromatic rings. The van der Waals surface area contributed by atoms with Crippen LogP contribution < -0.4 is 10.6 Å². The van der Waals surface area contributed by atoms with Crippen LogP contribution in [0.15, 0.2) is 24.5 Å². The van der Waals surface area contributed by atoms with E-state index in [0.29, 0.717) is 24.0 Å². The Labute approximate surface area is 119 Å². The minimum atomic E-state index is 0.0237. The van der Waals surface area contributed by atoms with E-state index in [1.165, 1.54) is 25.7 Å². The Morgan fingerprint density at radius 1 is 1.42 bits per heavy atom. The van der Waals surface area contributed by atoms with Crippen molar-refractivity contribution in [2.24, 2.45) is 5.92 Å². The number of aromatic nitrogens is 1. The molecule has 0 radical (unpaired) electrons. The van der Waals surface area contributed by atoms with Crippen molar-refractivity contribution >= 4 is 23.2 Å². The summed E-state index contributed by atoms with van der Waals surface area (Å²) in [4.78, 5) is 15.8. The lowest BCUT2D eigenvalue weighted by Crippen LogP contribution is -2.39. The summed E-state index contributed by atoms with van der Waals surface area (Å²) in [6.45, 7) is 0.580. The van der Waals surface area contributed by atoms with E-state index in [9.17, 15) is 4.79 Å². The summed E-state index contributed by atoms with van der Waals surface area (Å²) < 4.78 is 0. The molecule has 0 spiro atoms. The molecule has 0 bridgehead atoms. The van der Waals surface area contributed by atoms with Crippen LogP contribution in [-0.2, 0) is 11.3 Å². The first-order chi connectivity index (χ1) is 9.24. The van der Waals surface area contributed by atoms with Crippen LogP contribution >= 0.6 is 12.2 Å². The summed E-state index contributed by atoms with van der Waals surface area (Å²) in [6, 6.07) is 3.84. The lowest BCUT2D eigenvalue weighted by atomic mass is 10.0. The molecule has 1 saturated carbocycles. The molecule has 1 amide bonds. The second-order valence-electron chi connectivity index (χ2n) is 4.95. The number of carbonyl (C=O) groups is 1. The van der Waals surface area contributed by atoms with Crippen molar-refractivity contribution in [1.29, 1.82) is 0 Å². The van der Waals surface area contributed by atoms with Crippen LogP contribution in [0.5, 0.6) is 0 Å². The predicted octanol–water partition coefficient (Wildman–Crippen LogP) is 2.15. The van der Waals surface area contributed by atoms with Gasteiger partial charge in [-0.05, 0) is 42.6 Å². The first kappa shape index (κ1) is 13.9. The Morgan fingerprint density at radius 2 is 2.21 bits per heavy atom. The van der Waals surface area contributed by atoms with Crippen LogP contribution in [0.25, 0.3) is 0 Å². The molecule has 1 aliphatic carbocycles. The van der Waals surface area contributed by atoms with Gasteiger partial charge in [0.2, 0.25) is 5.91 Å². The van der Waals surface area contributed by atoms with Gasteiger partial charge in [-0.1, -0.05) is 18.9 Å². The lowest BCUT2D eigenvalue weighted by molar-refractivity contribution is -0.120. The number of rotatable bonds is 4. The SMILES string of the molecule is O=C(CC1CCCC1)NC(=S)NCc1cccnc1. The average molecular weight is 277 g/mol. The Bertz CT molecular complexity index is 430. The van der Waals surface area contributed by atoms with Crippen LogP contribution in [0, 0.1) is 5.92 Å². The fourth-order valence-corrected chi connectivity index (χ4v) is 2.57. The van der Waals surface area contributed by atoms with Crippen LogP contribution in [0.1, 0.15) is 37.7 Å². The maximum absolute atomic E-state index is 11.8. The van der Waals surface area contributed by atoms with Gasteiger partial charge in [0.1, 0.15) is 0 Å². The second-order valence-corrected chi connectivity index (χ2v) is 5.35. The fourth-order valence-electron chi connectivity index (χ4n) is 2.38. The van der Waals surface area contributed by atoms with E-state index < -0.39 is 0 Å². The van der Waals surface area contributed by atoms with Crippen LogP contribution in [0.4, 0.5) is 0 Å². The predicted molar refractivity (Wildman–Crippen MR) is 78.4 cm³/mol. The van der Waals surface area contributed by atoms with Gasteiger partial charge in [0, 0.05) is 25.4 Å². The molecule has 2 N–H and O–H groups in total. The molecule has 1 aliphatic rings. The summed E-state index contributed by atoms with van der Waals surface area (Å²) in [7, 11) is 0. The second kappa shape index (κ2) is 7.19. The molecule has 0 saturated heterocycles. The van der Waals surface area contributed by atoms with Gasteiger partial charge in [0.05, 0.1) is 0 Å². The highest BCUT2D eigenvalue weighted by Gasteiger charge is 2.18. The number of amides is 1. The molecule has 2 rings (SSSR count). The van der Waals surface area contributed by atoms with E-state index in [-0.39, 0.29) is 5.91 Å². The quantitative estimate of drug-likeness (QED) is 0.828. The maximum Gasteiger partial charge on any atom is 0.226 e. The summed E-state index contributed by atoms with van der Waals surface area (Å²) in [6.07, 6.45) is 8.94. The van der Waals surface area contributed by atoms with Crippen molar-refractivity contribution in [1.82, 2.24) is 15.6 Å². The van der Waals surface area contributed by atoms with E-state index >= 15 is 0 Å². The van der Waals surface area contributed by atoms with Crippen LogP contribution in [-0.4, -0.2) is 16.0 Å². The summed E-state index contributed by atoms with van der Waals surface area (Å²) in [5, 5.41) is 6.15. The van der Waals surface area contributed by atoms with Gasteiger partial charge >= 0.3 is 0 Å². The average Bonchev–Trinajstić information content (AvgIpc) is 2.90. The van der Waals surface area contributed by atoms with Crippen molar-refractivity contribution in [3.8, 4) is 0 Å². The van der Waals surface area contributed by atoms with Crippen molar-refractivity contribution < 1.29 is 4.79 Å². The molecule has 19 heavy (non-hydrogen) atoms. The van der Waals surface area contributed by atoms with Gasteiger partial charge in [0.25, 0.3) is 0 Å². The van der Waals surface area contributed by atoms with E-state index in [0.717, 1.165) is 5.56 Å². The smallest absolute Gasteiger partial charge is 0.226 e. The van der Waals surface area contributed by atoms with Gasteiger partial charge in [-0.3, -0.25) is 9.78 Å². The molecule has 0 aromatic carbocycles. The van der Waals surface area contributed by atoms with E-state index in [2.05, 4.69) is 15.6 Å². The number of hydrogen-bond donors (Lipinski definition) is 2. The molecule has 1 fully saturated rings. The molecule has 0 aliphatic heterocycles. The lowest BCUT2D eigenvalue weighted by Gasteiger charge is -2.11. The number of carbonyl (C=O) groups excluding carboxylic acids is 1. The zero-order chi connectivity index (χ0) is 13.5. The topological polar surface area (TPSA) is 54.0 Å².